The molecule has 0 radical (unpaired) electrons. The smallest absolute Gasteiger partial charge is 0.319 e. The summed E-state index contributed by atoms with van der Waals surface area (Å²) < 4.78 is 0. The van der Waals surface area contributed by atoms with Crippen LogP contribution in [0.1, 0.15) is 34.3 Å². The average molecular weight is 420 g/mol. The molecule has 28 heavy (non-hydrogen) atoms. The molecule has 148 valence electrons. The van der Waals surface area contributed by atoms with Gasteiger partial charge in [-0.15, -0.1) is 0 Å². The highest BCUT2D eigenvalue weighted by atomic mass is 35.5. The lowest BCUT2D eigenvalue weighted by Crippen LogP contribution is -2.33. The van der Waals surface area contributed by atoms with Gasteiger partial charge >= 0.3 is 6.03 Å². The van der Waals surface area contributed by atoms with E-state index in [0.29, 0.717) is 34.3 Å². The van der Waals surface area contributed by atoms with Crippen molar-refractivity contribution in [2.75, 3.05) is 25.0 Å². The third-order valence-corrected chi connectivity index (χ3v) is 5.42. The Kier molecular flexibility index (Phi) is 6.81. The molecule has 0 aromatic heterocycles. The van der Waals surface area contributed by atoms with Gasteiger partial charge in [0.05, 0.1) is 11.3 Å². The lowest BCUT2D eigenvalue weighted by Gasteiger charge is -2.19. The summed E-state index contributed by atoms with van der Waals surface area (Å²) in [5.41, 5.74) is 2.84. The SMILES string of the molecule is Cc1cccc(C(=O)N2CCCC2)c1NC(=O)NCCc1ccc(Cl)cc1Cl. The van der Waals surface area contributed by atoms with E-state index in [0.717, 1.165) is 37.1 Å². The van der Waals surface area contributed by atoms with E-state index in [9.17, 15) is 9.59 Å². The van der Waals surface area contributed by atoms with Gasteiger partial charge in [-0.2, -0.15) is 0 Å². The largest absolute Gasteiger partial charge is 0.339 e. The van der Waals surface area contributed by atoms with Gasteiger partial charge in [0.25, 0.3) is 5.91 Å². The zero-order valence-electron chi connectivity index (χ0n) is 15.7. The van der Waals surface area contributed by atoms with Crippen LogP contribution in [0.25, 0.3) is 0 Å². The number of likely N-dealkylation sites (tertiary alicyclic amines) is 1. The fourth-order valence-corrected chi connectivity index (χ4v) is 3.80. The molecule has 0 spiro atoms. The van der Waals surface area contributed by atoms with E-state index in [1.54, 1.807) is 18.2 Å². The summed E-state index contributed by atoms with van der Waals surface area (Å²) >= 11 is 12.1. The van der Waals surface area contributed by atoms with Crippen LogP contribution in [0.4, 0.5) is 10.5 Å². The summed E-state index contributed by atoms with van der Waals surface area (Å²) in [5.74, 6) is -0.0375. The van der Waals surface area contributed by atoms with Crippen molar-refractivity contribution in [3.8, 4) is 0 Å². The minimum Gasteiger partial charge on any atom is -0.339 e. The van der Waals surface area contributed by atoms with Crippen LogP contribution in [-0.4, -0.2) is 36.5 Å². The summed E-state index contributed by atoms with van der Waals surface area (Å²) in [6.45, 7) is 3.82. The number of hydrogen-bond donors (Lipinski definition) is 2. The second kappa shape index (κ2) is 9.30. The number of rotatable bonds is 5. The molecule has 5 nitrogen and oxygen atoms in total. The van der Waals surface area contributed by atoms with Crippen molar-refractivity contribution in [3.05, 3.63) is 63.1 Å². The van der Waals surface area contributed by atoms with Crippen molar-refractivity contribution < 1.29 is 9.59 Å². The number of carbonyl (C=O) groups is 2. The minimum atomic E-state index is -0.352. The molecule has 2 aromatic carbocycles. The maximum Gasteiger partial charge on any atom is 0.319 e. The highest BCUT2D eigenvalue weighted by Gasteiger charge is 2.23. The van der Waals surface area contributed by atoms with Crippen LogP contribution in [0.3, 0.4) is 0 Å². The van der Waals surface area contributed by atoms with E-state index in [1.165, 1.54) is 0 Å². The molecule has 1 aliphatic rings. The predicted molar refractivity (Wildman–Crippen MR) is 114 cm³/mol. The molecule has 2 aromatic rings. The first kappa shape index (κ1) is 20.5. The number of nitrogens with zero attached hydrogens (tertiary/aromatic N) is 1. The van der Waals surface area contributed by atoms with Crippen molar-refractivity contribution in [2.24, 2.45) is 0 Å². The molecule has 3 amide bonds. The summed E-state index contributed by atoms with van der Waals surface area (Å²) in [6, 6.07) is 10.4. The van der Waals surface area contributed by atoms with Gasteiger partial charge in [-0.25, -0.2) is 4.79 Å². The van der Waals surface area contributed by atoms with Crippen LogP contribution in [-0.2, 0) is 6.42 Å². The molecular formula is C21H23Cl2N3O2. The molecule has 2 N–H and O–H groups in total. The topological polar surface area (TPSA) is 61.4 Å². The Hall–Kier alpha value is -2.24. The minimum absolute atomic E-state index is 0.0375. The van der Waals surface area contributed by atoms with E-state index in [4.69, 9.17) is 23.2 Å². The third-order valence-electron chi connectivity index (χ3n) is 4.83. The van der Waals surface area contributed by atoms with Gasteiger partial charge in [0.1, 0.15) is 0 Å². The van der Waals surface area contributed by atoms with Crippen molar-refractivity contribution in [2.45, 2.75) is 26.2 Å². The highest BCUT2D eigenvalue weighted by Crippen LogP contribution is 2.24. The Bertz CT molecular complexity index is 880. The Morgan fingerprint density at radius 3 is 2.57 bits per heavy atom. The number of benzene rings is 2. The van der Waals surface area contributed by atoms with Crippen LogP contribution in [0, 0.1) is 6.92 Å². The first-order chi connectivity index (χ1) is 13.5. The van der Waals surface area contributed by atoms with Gasteiger partial charge in [-0.1, -0.05) is 41.4 Å². The van der Waals surface area contributed by atoms with E-state index in [1.807, 2.05) is 30.0 Å². The molecule has 0 saturated carbocycles. The standard InChI is InChI=1S/C21H23Cl2N3O2/c1-14-5-4-6-17(20(27)26-11-2-3-12-26)19(14)25-21(28)24-10-9-15-7-8-16(22)13-18(15)23/h4-8,13H,2-3,9-12H2,1H3,(H2,24,25,28). The number of aryl methyl sites for hydroxylation is 1. The maximum atomic E-state index is 12.8. The quantitative estimate of drug-likeness (QED) is 0.723. The van der Waals surface area contributed by atoms with Gasteiger partial charge in [0, 0.05) is 29.7 Å². The molecule has 7 heteroatoms. The maximum absolute atomic E-state index is 12.8. The number of hydrogen-bond acceptors (Lipinski definition) is 2. The lowest BCUT2D eigenvalue weighted by molar-refractivity contribution is 0.0794. The summed E-state index contributed by atoms with van der Waals surface area (Å²) in [4.78, 5) is 27.0. The third kappa shape index (κ3) is 4.97. The van der Waals surface area contributed by atoms with Gasteiger partial charge in [-0.3, -0.25) is 4.79 Å². The van der Waals surface area contributed by atoms with Crippen LogP contribution in [0.15, 0.2) is 36.4 Å². The number of carbonyl (C=O) groups excluding carboxylic acids is 2. The van der Waals surface area contributed by atoms with Crippen LogP contribution < -0.4 is 10.6 Å². The van der Waals surface area contributed by atoms with E-state index < -0.39 is 0 Å². The molecule has 0 bridgehead atoms. The molecule has 1 aliphatic heterocycles. The summed E-state index contributed by atoms with van der Waals surface area (Å²) in [5, 5.41) is 6.81. The molecule has 0 atom stereocenters. The Labute approximate surface area is 175 Å². The Morgan fingerprint density at radius 2 is 1.86 bits per heavy atom. The summed E-state index contributed by atoms with van der Waals surface area (Å²) in [6.07, 6.45) is 2.62. The fraction of sp³-hybridized carbons (Fsp3) is 0.333. The fourth-order valence-electron chi connectivity index (χ4n) is 3.30. The van der Waals surface area contributed by atoms with E-state index in [-0.39, 0.29) is 11.9 Å². The molecule has 1 fully saturated rings. The monoisotopic (exact) mass is 419 g/mol. The zero-order chi connectivity index (χ0) is 20.1. The molecule has 0 aliphatic carbocycles. The second-order valence-electron chi connectivity index (χ2n) is 6.86. The predicted octanol–water partition coefficient (Wildman–Crippen LogP) is 4.90. The Morgan fingerprint density at radius 1 is 1.11 bits per heavy atom. The first-order valence-electron chi connectivity index (χ1n) is 9.33. The second-order valence-corrected chi connectivity index (χ2v) is 7.71. The van der Waals surface area contributed by atoms with Crippen molar-refractivity contribution in [3.63, 3.8) is 0 Å². The molecule has 1 heterocycles. The van der Waals surface area contributed by atoms with Gasteiger partial charge in [-0.05, 0) is 55.5 Å². The number of halogens is 2. The van der Waals surface area contributed by atoms with Gasteiger partial charge < -0.3 is 15.5 Å². The number of urea groups is 1. The van der Waals surface area contributed by atoms with Gasteiger partial charge in [0.2, 0.25) is 0 Å². The van der Waals surface area contributed by atoms with Crippen LogP contribution >= 0.6 is 23.2 Å². The highest BCUT2D eigenvalue weighted by molar-refractivity contribution is 6.35. The first-order valence-corrected chi connectivity index (χ1v) is 10.1. The summed E-state index contributed by atoms with van der Waals surface area (Å²) in [7, 11) is 0. The Balaban J connectivity index is 1.62. The van der Waals surface area contributed by atoms with Crippen molar-refractivity contribution in [1.82, 2.24) is 10.2 Å². The van der Waals surface area contributed by atoms with E-state index in [2.05, 4.69) is 10.6 Å². The number of para-hydroxylation sites is 1. The normalized spacial score (nSPS) is 13.5. The van der Waals surface area contributed by atoms with Gasteiger partial charge in [0.15, 0.2) is 0 Å². The molecule has 1 saturated heterocycles. The number of nitrogens with one attached hydrogen (secondary N) is 2. The molecular weight excluding hydrogens is 397 g/mol. The molecule has 3 rings (SSSR count). The zero-order valence-corrected chi connectivity index (χ0v) is 17.2. The number of amides is 3. The molecule has 0 unspecified atom stereocenters. The van der Waals surface area contributed by atoms with Crippen LogP contribution in [0.5, 0.6) is 0 Å². The van der Waals surface area contributed by atoms with E-state index >= 15 is 0 Å². The number of anilines is 1. The lowest BCUT2D eigenvalue weighted by atomic mass is 10.1. The van der Waals surface area contributed by atoms with Crippen molar-refractivity contribution in [1.29, 1.82) is 0 Å². The van der Waals surface area contributed by atoms with Crippen LogP contribution in [0.2, 0.25) is 10.0 Å². The average Bonchev–Trinajstić information content (AvgIpc) is 3.19. The van der Waals surface area contributed by atoms with Crippen molar-refractivity contribution >= 4 is 40.8 Å².